The second kappa shape index (κ2) is 9.40. The molecule has 0 aromatic heterocycles. The number of nitrogens with one attached hydrogen (secondary N) is 1. The molecule has 174 valence electrons. The van der Waals surface area contributed by atoms with Crippen molar-refractivity contribution in [2.24, 2.45) is 22.7 Å². The van der Waals surface area contributed by atoms with Crippen LogP contribution in [0.5, 0.6) is 0 Å². The fraction of sp³-hybridized carbons (Fsp3) is 0.704. The average molecular weight is 454 g/mol. The summed E-state index contributed by atoms with van der Waals surface area (Å²) in [6.07, 6.45) is 12.4. The zero-order valence-electron chi connectivity index (χ0n) is 19.8. The van der Waals surface area contributed by atoms with Crippen molar-refractivity contribution in [3.8, 4) is 0 Å². The number of aryl methyl sites for hydroxylation is 1. The topological polar surface area (TPSA) is 44.7 Å². The molecule has 1 aromatic rings. The predicted molar refractivity (Wildman–Crippen MR) is 135 cm³/mol. The zero-order valence-corrected chi connectivity index (χ0v) is 20.6. The fourth-order valence-electron chi connectivity index (χ4n) is 7.13. The molecule has 0 spiro atoms. The van der Waals surface area contributed by atoms with E-state index in [1.807, 2.05) is 23.9 Å². The summed E-state index contributed by atoms with van der Waals surface area (Å²) in [5.41, 5.74) is 2.47. The lowest BCUT2D eigenvalue weighted by Crippen LogP contribution is -2.50. The highest BCUT2D eigenvalue weighted by Gasteiger charge is 2.51. The van der Waals surface area contributed by atoms with Crippen LogP contribution >= 0.6 is 11.8 Å². The number of rotatable bonds is 8. The molecule has 1 N–H and O–H groups in total. The molecular formula is C27H39N3OS. The predicted octanol–water partition coefficient (Wildman–Crippen LogP) is 6.12. The lowest BCUT2D eigenvalue weighted by Gasteiger charge is -2.55. The molecule has 4 aliphatic carbocycles. The van der Waals surface area contributed by atoms with Crippen LogP contribution in [-0.2, 0) is 11.2 Å². The van der Waals surface area contributed by atoms with E-state index in [2.05, 4.69) is 36.2 Å². The molecule has 5 heteroatoms. The number of carbonyl (C=O) groups is 1. The number of aliphatic imine (C=N–C) groups is 1. The summed E-state index contributed by atoms with van der Waals surface area (Å²) < 4.78 is 0. The second-order valence-electron chi connectivity index (χ2n) is 10.8. The summed E-state index contributed by atoms with van der Waals surface area (Å²) in [6, 6.07) is 8.63. The molecule has 32 heavy (non-hydrogen) atoms. The Morgan fingerprint density at radius 3 is 2.34 bits per heavy atom. The van der Waals surface area contributed by atoms with E-state index >= 15 is 0 Å². The maximum atomic E-state index is 12.8. The van der Waals surface area contributed by atoms with Gasteiger partial charge in [0.1, 0.15) is 0 Å². The molecule has 1 amide bonds. The normalized spacial score (nSPS) is 34.4. The van der Waals surface area contributed by atoms with E-state index in [9.17, 15) is 4.79 Å². The highest BCUT2D eigenvalue weighted by molar-refractivity contribution is 8.14. The van der Waals surface area contributed by atoms with E-state index < -0.39 is 0 Å². The van der Waals surface area contributed by atoms with Gasteiger partial charge in [-0.05, 0) is 93.7 Å². The van der Waals surface area contributed by atoms with Gasteiger partial charge >= 0.3 is 0 Å². The first-order valence-electron chi connectivity index (χ1n) is 12.9. The number of amides is 1. The van der Waals surface area contributed by atoms with Gasteiger partial charge < -0.3 is 10.2 Å². The van der Waals surface area contributed by atoms with Crippen molar-refractivity contribution < 1.29 is 4.79 Å². The minimum Gasteiger partial charge on any atom is -0.347 e. The van der Waals surface area contributed by atoms with Crippen molar-refractivity contribution in [2.45, 2.75) is 89.6 Å². The van der Waals surface area contributed by atoms with Gasteiger partial charge in [-0.2, -0.15) is 0 Å². The van der Waals surface area contributed by atoms with Gasteiger partial charge in [0.05, 0.1) is 5.54 Å². The van der Waals surface area contributed by atoms with Crippen LogP contribution in [0.4, 0.5) is 5.69 Å². The van der Waals surface area contributed by atoms with Crippen molar-refractivity contribution in [3.63, 3.8) is 0 Å². The van der Waals surface area contributed by atoms with Crippen molar-refractivity contribution >= 4 is 28.5 Å². The number of benzene rings is 1. The minimum atomic E-state index is 0.117. The maximum Gasteiger partial charge on any atom is 0.226 e. The van der Waals surface area contributed by atoms with E-state index in [1.54, 1.807) is 0 Å². The highest BCUT2D eigenvalue weighted by Crippen LogP contribution is 2.57. The first-order valence-corrected chi connectivity index (χ1v) is 13.9. The number of amidine groups is 1. The summed E-state index contributed by atoms with van der Waals surface area (Å²) in [7, 11) is 0. The van der Waals surface area contributed by atoms with Crippen LogP contribution in [0.1, 0.15) is 77.2 Å². The molecule has 4 saturated carbocycles. The lowest BCUT2D eigenvalue weighted by atomic mass is 9.53. The standard InChI is InChI=1S/C27H39N3OS/c1-3-5-6-19-7-9-23(10-8-19)28-25(31)14-24-18-32-26(30(24)4-2)29-27-15-20-11-21(16-27)13-22(12-20)17-27/h7-10,20-22,24H,3-6,11-18H2,1-2H3,(H,28,31). The first-order chi connectivity index (χ1) is 15.6. The van der Waals surface area contributed by atoms with Gasteiger partial charge in [0.2, 0.25) is 5.91 Å². The number of unbranched alkanes of at least 4 members (excludes halogenated alkanes) is 1. The monoisotopic (exact) mass is 453 g/mol. The molecule has 1 heterocycles. The SMILES string of the molecule is CCCCc1ccc(NC(=O)CC2CSC(=NC34CC5CC(CC(C5)C3)C4)N2CC)cc1. The van der Waals surface area contributed by atoms with Crippen LogP contribution in [0.3, 0.4) is 0 Å². The van der Waals surface area contributed by atoms with Crippen LogP contribution in [0.15, 0.2) is 29.3 Å². The molecule has 1 saturated heterocycles. The Morgan fingerprint density at radius 2 is 1.75 bits per heavy atom. The molecule has 5 aliphatic rings. The van der Waals surface area contributed by atoms with Gasteiger partial charge in [0.15, 0.2) is 5.17 Å². The number of hydrogen-bond donors (Lipinski definition) is 1. The Morgan fingerprint density at radius 1 is 1.09 bits per heavy atom. The molecular weight excluding hydrogens is 414 g/mol. The van der Waals surface area contributed by atoms with Gasteiger partial charge in [0.25, 0.3) is 0 Å². The first kappa shape index (κ1) is 22.3. The Labute approximate surface area is 198 Å². The summed E-state index contributed by atoms with van der Waals surface area (Å²) in [5.74, 6) is 3.85. The van der Waals surface area contributed by atoms with Crippen molar-refractivity contribution in [2.75, 3.05) is 17.6 Å². The third-order valence-electron chi connectivity index (χ3n) is 8.25. The van der Waals surface area contributed by atoms with Crippen LogP contribution in [0.2, 0.25) is 0 Å². The van der Waals surface area contributed by atoms with Gasteiger partial charge in [-0.1, -0.05) is 37.2 Å². The number of thioether (sulfide) groups is 1. The summed E-state index contributed by atoms with van der Waals surface area (Å²) in [5, 5.41) is 4.34. The minimum absolute atomic E-state index is 0.117. The van der Waals surface area contributed by atoms with Crippen molar-refractivity contribution in [1.82, 2.24) is 4.90 Å². The third kappa shape index (κ3) is 4.73. The van der Waals surface area contributed by atoms with Crippen LogP contribution in [0, 0.1) is 17.8 Å². The van der Waals surface area contributed by atoms with Crippen LogP contribution in [0.25, 0.3) is 0 Å². The molecule has 0 radical (unpaired) electrons. The Balaban J connectivity index is 1.20. The molecule has 4 nitrogen and oxygen atoms in total. The molecule has 1 atom stereocenters. The zero-order chi connectivity index (χ0) is 22.1. The third-order valence-corrected chi connectivity index (χ3v) is 9.38. The maximum absolute atomic E-state index is 12.8. The van der Waals surface area contributed by atoms with E-state index in [4.69, 9.17) is 4.99 Å². The Kier molecular flexibility index (Phi) is 6.55. The van der Waals surface area contributed by atoms with Crippen LogP contribution < -0.4 is 5.32 Å². The number of anilines is 1. The molecule has 1 aliphatic heterocycles. The smallest absolute Gasteiger partial charge is 0.226 e. The van der Waals surface area contributed by atoms with Gasteiger partial charge in [-0.3, -0.25) is 9.79 Å². The quantitative estimate of drug-likeness (QED) is 0.516. The average Bonchev–Trinajstić information content (AvgIpc) is 3.12. The Hall–Kier alpha value is -1.49. The molecule has 4 bridgehead atoms. The summed E-state index contributed by atoms with van der Waals surface area (Å²) in [6.45, 7) is 5.36. The number of carbonyl (C=O) groups excluding carboxylic acids is 1. The van der Waals surface area contributed by atoms with Crippen LogP contribution in [-0.4, -0.2) is 39.9 Å². The number of hydrogen-bond acceptors (Lipinski definition) is 3. The van der Waals surface area contributed by atoms with E-state index in [1.165, 1.54) is 62.1 Å². The largest absolute Gasteiger partial charge is 0.347 e. The highest BCUT2D eigenvalue weighted by atomic mass is 32.2. The second-order valence-corrected chi connectivity index (χ2v) is 11.8. The van der Waals surface area contributed by atoms with Gasteiger partial charge in [-0.25, -0.2) is 0 Å². The Bertz CT molecular complexity index is 814. The molecule has 1 aromatic carbocycles. The number of nitrogens with zero attached hydrogens (tertiary/aromatic N) is 2. The molecule has 1 unspecified atom stereocenters. The van der Waals surface area contributed by atoms with E-state index in [0.29, 0.717) is 6.42 Å². The summed E-state index contributed by atoms with van der Waals surface area (Å²) in [4.78, 5) is 20.7. The van der Waals surface area contributed by atoms with E-state index in [0.717, 1.165) is 42.2 Å². The molecule has 6 rings (SSSR count). The van der Waals surface area contributed by atoms with Crippen molar-refractivity contribution in [3.05, 3.63) is 29.8 Å². The van der Waals surface area contributed by atoms with Crippen molar-refractivity contribution in [1.29, 1.82) is 0 Å². The van der Waals surface area contributed by atoms with Gasteiger partial charge in [0, 0.05) is 30.4 Å². The summed E-state index contributed by atoms with van der Waals surface area (Å²) >= 11 is 1.89. The lowest BCUT2D eigenvalue weighted by molar-refractivity contribution is -0.116. The van der Waals surface area contributed by atoms with Gasteiger partial charge in [-0.15, -0.1) is 0 Å². The van der Waals surface area contributed by atoms with E-state index in [-0.39, 0.29) is 17.5 Å². The fourth-order valence-corrected chi connectivity index (χ4v) is 8.47. The molecule has 5 fully saturated rings.